The van der Waals surface area contributed by atoms with E-state index in [0.717, 1.165) is 13.1 Å². The molecule has 0 saturated carbocycles. The maximum absolute atomic E-state index is 10.8. The number of Topliss-reactive ketones (excluding diaryl/α,β-unsaturated/α-hetero) is 1. The zero-order valence-corrected chi connectivity index (χ0v) is 11.4. The predicted octanol–water partition coefficient (Wildman–Crippen LogP) is 2.90. The fourth-order valence-corrected chi connectivity index (χ4v) is 2.87. The Morgan fingerprint density at radius 1 is 1.50 bits per heavy atom. The summed E-state index contributed by atoms with van der Waals surface area (Å²) < 4.78 is 0. The maximum Gasteiger partial charge on any atom is 0.131 e. The number of rotatable bonds is 6. The number of thiophene rings is 1. The van der Waals surface area contributed by atoms with E-state index in [1.165, 1.54) is 10.4 Å². The molecule has 0 atom stereocenters. The molecule has 1 aromatic rings. The van der Waals surface area contributed by atoms with E-state index in [2.05, 4.69) is 37.5 Å². The van der Waals surface area contributed by atoms with E-state index in [4.69, 9.17) is 0 Å². The van der Waals surface area contributed by atoms with Gasteiger partial charge in [0.05, 0.1) is 0 Å². The van der Waals surface area contributed by atoms with Crippen molar-refractivity contribution in [1.29, 1.82) is 0 Å². The number of hydrogen-bond donors (Lipinski definition) is 1. The molecule has 0 aliphatic carbocycles. The summed E-state index contributed by atoms with van der Waals surface area (Å²) in [5.41, 5.74) is 1.51. The summed E-state index contributed by atoms with van der Waals surface area (Å²) in [4.78, 5) is 12.2. The van der Waals surface area contributed by atoms with Crippen LogP contribution in [0.5, 0.6) is 0 Å². The molecule has 0 aliphatic rings. The van der Waals surface area contributed by atoms with E-state index < -0.39 is 0 Å². The molecule has 16 heavy (non-hydrogen) atoms. The highest BCUT2D eigenvalue weighted by Gasteiger charge is 2.23. The average molecular weight is 239 g/mol. The topological polar surface area (TPSA) is 29.1 Å². The first kappa shape index (κ1) is 13.4. The lowest BCUT2D eigenvalue weighted by atomic mass is 9.89. The van der Waals surface area contributed by atoms with Gasteiger partial charge in [0, 0.05) is 29.8 Å². The summed E-state index contributed by atoms with van der Waals surface area (Å²) in [6.07, 6.45) is 0.625. The Hall–Kier alpha value is -0.670. The van der Waals surface area contributed by atoms with E-state index in [-0.39, 0.29) is 11.2 Å². The zero-order chi connectivity index (χ0) is 12.2. The molecule has 0 unspecified atom stereocenters. The van der Waals surface area contributed by atoms with Crippen molar-refractivity contribution in [1.82, 2.24) is 5.32 Å². The van der Waals surface area contributed by atoms with Gasteiger partial charge in [-0.3, -0.25) is 4.79 Å². The van der Waals surface area contributed by atoms with Gasteiger partial charge in [0.1, 0.15) is 5.78 Å². The third-order valence-electron chi connectivity index (χ3n) is 2.70. The van der Waals surface area contributed by atoms with Gasteiger partial charge in [-0.2, -0.15) is 0 Å². The van der Waals surface area contributed by atoms with E-state index >= 15 is 0 Å². The molecule has 0 bridgehead atoms. The Bertz CT molecular complexity index is 355. The van der Waals surface area contributed by atoms with Gasteiger partial charge in [-0.1, -0.05) is 13.8 Å². The molecule has 0 radical (unpaired) electrons. The van der Waals surface area contributed by atoms with Crippen molar-refractivity contribution in [2.75, 3.05) is 13.1 Å². The number of carbonyl (C=O) groups excluding carboxylic acids is 1. The normalized spacial score (nSPS) is 11.8. The monoisotopic (exact) mass is 239 g/mol. The van der Waals surface area contributed by atoms with Crippen LogP contribution >= 0.6 is 11.3 Å². The van der Waals surface area contributed by atoms with Gasteiger partial charge in [-0.05, 0) is 30.9 Å². The number of aryl methyl sites for hydroxylation is 1. The molecule has 1 heterocycles. The van der Waals surface area contributed by atoms with Crippen molar-refractivity contribution in [3.63, 3.8) is 0 Å². The fraction of sp³-hybridized carbons (Fsp3) is 0.615. The molecule has 0 aliphatic heterocycles. The number of carbonyl (C=O) groups is 1. The van der Waals surface area contributed by atoms with Crippen LogP contribution in [0.15, 0.2) is 11.4 Å². The van der Waals surface area contributed by atoms with Gasteiger partial charge in [0.2, 0.25) is 0 Å². The Balaban J connectivity index is 2.46. The molecule has 0 spiro atoms. The standard InChI is InChI=1S/C13H21NOS/c1-10-6-8-16-12(10)13(3,4)9-14-7-5-11(2)15/h6,8,14H,5,7,9H2,1-4H3. The molecule has 2 nitrogen and oxygen atoms in total. The van der Waals surface area contributed by atoms with Crippen LogP contribution in [0.25, 0.3) is 0 Å². The molecule has 3 heteroatoms. The minimum absolute atomic E-state index is 0.148. The van der Waals surface area contributed by atoms with E-state index in [9.17, 15) is 4.79 Å². The first-order valence-electron chi connectivity index (χ1n) is 5.68. The van der Waals surface area contributed by atoms with Crippen molar-refractivity contribution in [3.05, 3.63) is 21.9 Å². The first-order chi connectivity index (χ1) is 7.43. The van der Waals surface area contributed by atoms with Gasteiger partial charge >= 0.3 is 0 Å². The summed E-state index contributed by atoms with van der Waals surface area (Å²) >= 11 is 1.81. The van der Waals surface area contributed by atoms with Crippen LogP contribution in [0.3, 0.4) is 0 Å². The fourth-order valence-electron chi connectivity index (χ4n) is 1.81. The Kier molecular flexibility index (Phi) is 4.69. The molecular weight excluding hydrogens is 218 g/mol. The second-order valence-corrected chi connectivity index (χ2v) is 5.86. The molecule has 0 fully saturated rings. The lowest BCUT2D eigenvalue weighted by Crippen LogP contribution is -2.33. The Labute approximate surface area is 102 Å². The smallest absolute Gasteiger partial charge is 0.131 e. The van der Waals surface area contributed by atoms with Crippen LogP contribution in [0.4, 0.5) is 0 Å². The van der Waals surface area contributed by atoms with E-state index in [1.54, 1.807) is 6.92 Å². The minimum atomic E-state index is 0.148. The van der Waals surface area contributed by atoms with Crippen molar-refractivity contribution in [2.24, 2.45) is 0 Å². The highest BCUT2D eigenvalue weighted by atomic mass is 32.1. The molecule has 0 amide bonds. The van der Waals surface area contributed by atoms with Crippen molar-refractivity contribution in [2.45, 2.75) is 39.5 Å². The van der Waals surface area contributed by atoms with Crippen LogP contribution in [0.1, 0.15) is 37.6 Å². The maximum atomic E-state index is 10.8. The molecule has 1 aromatic heterocycles. The predicted molar refractivity (Wildman–Crippen MR) is 70.2 cm³/mol. The summed E-state index contributed by atoms with van der Waals surface area (Å²) in [6, 6.07) is 2.16. The van der Waals surface area contributed by atoms with Gasteiger partial charge in [0.25, 0.3) is 0 Å². The Morgan fingerprint density at radius 3 is 2.69 bits per heavy atom. The van der Waals surface area contributed by atoms with Crippen LogP contribution in [0, 0.1) is 6.92 Å². The zero-order valence-electron chi connectivity index (χ0n) is 10.6. The first-order valence-corrected chi connectivity index (χ1v) is 6.56. The molecule has 0 aromatic carbocycles. The van der Waals surface area contributed by atoms with Crippen LogP contribution < -0.4 is 5.32 Å². The number of nitrogens with one attached hydrogen (secondary N) is 1. The molecule has 1 rings (SSSR count). The molecule has 1 N–H and O–H groups in total. The highest BCUT2D eigenvalue weighted by molar-refractivity contribution is 7.10. The van der Waals surface area contributed by atoms with Crippen molar-refractivity contribution >= 4 is 17.1 Å². The second-order valence-electron chi connectivity index (χ2n) is 4.95. The van der Waals surface area contributed by atoms with Gasteiger partial charge < -0.3 is 5.32 Å². The van der Waals surface area contributed by atoms with Crippen LogP contribution in [0.2, 0.25) is 0 Å². The summed E-state index contributed by atoms with van der Waals surface area (Å²) in [5.74, 6) is 0.248. The SMILES string of the molecule is CC(=O)CCNCC(C)(C)c1sccc1C. The second kappa shape index (κ2) is 5.60. The Morgan fingerprint density at radius 2 is 2.19 bits per heavy atom. The quantitative estimate of drug-likeness (QED) is 0.773. The third kappa shape index (κ3) is 3.72. The average Bonchev–Trinajstić information content (AvgIpc) is 2.59. The van der Waals surface area contributed by atoms with E-state index in [0.29, 0.717) is 6.42 Å². The van der Waals surface area contributed by atoms with E-state index in [1.807, 2.05) is 11.3 Å². The third-order valence-corrected chi connectivity index (χ3v) is 4.08. The number of hydrogen-bond acceptors (Lipinski definition) is 3. The van der Waals surface area contributed by atoms with Crippen molar-refractivity contribution in [3.8, 4) is 0 Å². The van der Waals surface area contributed by atoms with Gasteiger partial charge in [-0.25, -0.2) is 0 Å². The largest absolute Gasteiger partial charge is 0.315 e. The van der Waals surface area contributed by atoms with Crippen LogP contribution in [-0.2, 0) is 10.2 Å². The summed E-state index contributed by atoms with van der Waals surface area (Å²) in [6.45, 7) is 9.98. The minimum Gasteiger partial charge on any atom is -0.315 e. The highest BCUT2D eigenvalue weighted by Crippen LogP contribution is 2.30. The molecule has 0 saturated heterocycles. The van der Waals surface area contributed by atoms with Gasteiger partial charge in [0.15, 0.2) is 0 Å². The molecule has 90 valence electrons. The molecular formula is C13H21NOS. The summed E-state index contributed by atoms with van der Waals surface area (Å²) in [7, 11) is 0. The summed E-state index contributed by atoms with van der Waals surface area (Å²) in [5, 5.41) is 5.50. The van der Waals surface area contributed by atoms with Crippen molar-refractivity contribution < 1.29 is 4.79 Å². The lowest BCUT2D eigenvalue weighted by molar-refractivity contribution is -0.116. The lowest BCUT2D eigenvalue weighted by Gasteiger charge is -2.25. The number of ketones is 1. The van der Waals surface area contributed by atoms with Crippen LogP contribution in [-0.4, -0.2) is 18.9 Å². The van der Waals surface area contributed by atoms with Gasteiger partial charge in [-0.15, -0.1) is 11.3 Å².